The van der Waals surface area contributed by atoms with E-state index in [-0.39, 0.29) is 17.9 Å². The summed E-state index contributed by atoms with van der Waals surface area (Å²) < 4.78 is 5.94. The first-order chi connectivity index (χ1) is 14.4. The molecule has 1 heterocycles. The van der Waals surface area contributed by atoms with E-state index in [1.54, 1.807) is 31.3 Å². The Kier molecular flexibility index (Phi) is 6.67. The zero-order valence-electron chi connectivity index (χ0n) is 17.7. The highest BCUT2D eigenvalue weighted by molar-refractivity contribution is 6.02. The molecule has 2 unspecified atom stereocenters. The molecule has 1 aromatic heterocycles. The highest BCUT2D eigenvalue weighted by Gasteiger charge is 2.21. The molecule has 3 aromatic rings. The Balaban J connectivity index is 1.80. The fourth-order valence-electron chi connectivity index (χ4n) is 2.93. The third-order valence-electron chi connectivity index (χ3n) is 4.99. The number of hydrogen-bond donors (Lipinski definition) is 2. The first kappa shape index (κ1) is 21.3. The first-order valence-corrected chi connectivity index (χ1v) is 10.1. The van der Waals surface area contributed by atoms with E-state index < -0.39 is 6.04 Å². The summed E-state index contributed by atoms with van der Waals surface area (Å²) in [5.74, 6) is 0.412. The molecule has 0 saturated heterocycles. The second kappa shape index (κ2) is 9.39. The van der Waals surface area contributed by atoms with Crippen molar-refractivity contribution in [3.05, 3.63) is 65.9 Å². The van der Waals surface area contributed by atoms with E-state index in [4.69, 9.17) is 4.42 Å². The summed E-state index contributed by atoms with van der Waals surface area (Å²) in [7, 11) is 0. The van der Waals surface area contributed by atoms with Crippen molar-refractivity contribution in [3.8, 4) is 22.8 Å². The molecule has 0 aliphatic heterocycles. The van der Waals surface area contributed by atoms with Crippen LogP contribution in [-0.4, -0.2) is 28.9 Å². The van der Waals surface area contributed by atoms with Crippen molar-refractivity contribution >= 4 is 11.8 Å². The van der Waals surface area contributed by atoms with E-state index in [1.807, 2.05) is 51.1 Å². The summed E-state index contributed by atoms with van der Waals surface area (Å²) in [6.07, 6.45) is 2.47. The molecule has 2 aromatic carbocycles. The Morgan fingerprint density at radius 2 is 1.73 bits per heavy atom. The fraction of sp³-hybridized carbons (Fsp3) is 0.292. The zero-order valence-corrected chi connectivity index (χ0v) is 17.7. The van der Waals surface area contributed by atoms with Gasteiger partial charge in [-0.15, -0.1) is 0 Å². The van der Waals surface area contributed by atoms with E-state index in [9.17, 15) is 9.59 Å². The van der Waals surface area contributed by atoms with Crippen LogP contribution in [-0.2, 0) is 4.79 Å². The highest BCUT2D eigenvalue weighted by Crippen LogP contribution is 2.28. The molecule has 30 heavy (non-hydrogen) atoms. The van der Waals surface area contributed by atoms with Gasteiger partial charge in [0, 0.05) is 17.2 Å². The van der Waals surface area contributed by atoms with Gasteiger partial charge in [0.15, 0.2) is 5.76 Å². The van der Waals surface area contributed by atoms with Crippen LogP contribution in [0.25, 0.3) is 22.8 Å². The van der Waals surface area contributed by atoms with Crippen molar-refractivity contribution in [3.63, 3.8) is 0 Å². The Labute approximate surface area is 176 Å². The van der Waals surface area contributed by atoms with Crippen LogP contribution in [0.15, 0.2) is 59.1 Å². The zero-order chi connectivity index (χ0) is 21.7. The molecule has 6 nitrogen and oxygen atoms in total. The molecule has 0 spiro atoms. The minimum Gasteiger partial charge on any atom is -0.436 e. The van der Waals surface area contributed by atoms with Crippen LogP contribution < -0.4 is 10.6 Å². The third kappa shape index (κ3) is 4.95. The normalized spacial score (nSPS) is 12.8. The fourth-order valence-corrected chi connectivity index (χ4v) is 2.93. The molecule has 0 aliphatic rings. The Morgan fingerprint density at radius 3 is 2.43 bits per heavy atom. The summed E-state index contributed by atoms with van der Waals surface area (Å²) in [6, 6.07) is 14.4. The van der Waals surface area contributed by atoms with Gasteiger partial charge in [-0.05, 0) is 39.3 Å². The first-order valence-electron chi connectivity index (χ1n) is 10.1. The summed E-state index contributed by atoms with van der Waals surface area (Å²) >= 11 is 0. The minimum atomic E-state index is -0.660. The SMILES string of the molecule is CCC(C)NC(=O)C(C)NC(=O)c1ccccc1-c1ncc(-c2ccc(C)cc2)o1. The van der Waals surface area contributed by atoms with E-state index in [0.29, 0.717) is 22.8 Å². The Bertz CT molecular complexity index is 1020. The van der Waals surface area contributed by atoms with Crippen LogP contribution in [0.5, 0.6) is 0 Å². The molecule has 0 fully saturated rings. The molecule has 156 valence electrons. The van der Waals surface area contributed by atoms with Crippen molar-refractivity contribution in [1.82, 2.24) is 15.6 Å². The van der Waals surface area contributed by atoms with Gasteiger partial charge in [-0.1, -0.05) is 48.9 Å². The topological polar surface area (TPSA) is 84.2 Å². The number of oxazole rings is 1. The van der Waals surface area contributed by atoms with Crippen LogP contribution in [0, 0.1) is 6.92 Å². The molecule has 2 N–H and O–H groups in total. The van der Waals surface area contributed by atoms with Gasteiger partial charge >= 0.3 is 0 Å². The van der Waals surface area contributed by atoms with Crippen LogP contribution in [0.4, 0.5) is 0 Å². The average Bonchev–Trinajstić information content (AvgIpc) is 3.24. The van der Waals surface area contributed by atoms with E-state index in [2.05, 4.69) is 15.6 Å². The molecule has 6 heteroatoms. The molecule has 2 amide bonds. The molecular weight excluding hydrogens is 378 g/mol. The lowest BCUT2D eigenvalue weighted by molar-refractivity contribution is -0.123. The predicted octanol–water partition coefficient (Wildman–Crippen LogP) is 4.35. The minimum absolute atomic E-state index is 0.0525. The summed E-state index contributed by atoms with van der Waals surface area (Å²) in [6.45, 7) is 7.61. The summed E-state index contributed by atoms with van der Waals surface area (Å²) in [5, 5.41) is 5.63. The van der Waals surface area contributed by atoms with Gasteiger partial charge in [-0.3, -0.25) is 9.59 Å². The molecular formula is C24H27N3O3. The number of carbonyl (C=O) groups excluding carboxylic acids is 2. The molecule has 0 bridgehead atoms. The summed E-state index contributed by atoms with van der Waals surface area (Å²) in [5.41, 5.74) is 3.05. The third-order valence-corrected chi connectivity index (χ3v) is 4.99. The van der Waals surface area contributed by atoms with Crippen molar-refractivity contribution in [2.24, 2.45) is 0 Å². The van der Waals surface area contributed by atoms with Crippen molar-refractivity contribution < 1.29 is 14.0 Å². The second-order valence-electron chi connectivity index (χ2n) is 7.45. The maximum absolute atomic E-state index is 12.9. The number of nitrogens with one attached hydrogen (secondary N) is 2. The molecule has 0 radical (unpaired) electrons. The maximum Gasteiger partial charge on any atom is 0.252 e. The lowest BCUT2D eigenvalue weighted by atomic mass is 10.1. The number of aromatic nitrogens is 1. The van der Waals surface area contributed by atoms with Crippen LogP contribution >= 0.6 is 0 Å². The van der Waals surface area contributed by atoms with Gasteiger partial charge in [0.25, 0.3) is 5.91 Å². The monoisotopic (exact) mass is 405 g/mol. The Morgan fingerprint density at radius 1 is 1.03 bits per heavy atom. The van der Waals surface area contributed by atoms with Crippen molar-refractivity contribution in [2.75, 3.05) is 0 Å². The van der Waals surface area contributed by atoms with Crippen LogP contribution in [0.2, 0.25) is 0 Å². The molecule has 0 aliphatic carbocycles. The van der Waals surface area contributed by atoms with E-state index in [0.717, 1.165) is 17.5 Å². The molecule has 0 saturated carbocycles. The number of carbonyl (C=O) groups is 2. The number of amides is 2. The number of nitrogens with zero attached hydrogens (tertiary/aromatic N) is 1. The van der Waals surface area contributed by atoms with Gasteiger partial charge in [0.05, 0.1) is 11.8 Å². The average molecular weight is 405 g/mol. The van der Waals surface area contributed by atoms with Crippen molar-refractivity contribution in [1.29, 1.82) is 0 Å². The van der Waals surface area contributed by atoms with Crippen molar-refractivity contribution in [2.45, 2.75) is 46.2 Å². The number of hydrogen-bond acceptors (Lipinski definition) is 4. The number of benzene rings is 2. The predicted molar refractivity (Wildman–Crippen MR) is 117 cm³/mol. The second-order valence-corrected chi connectivity index (χ2v) is 7.45. The van der Waals surface area contributed by atoms with Gasteiger partial charge in [-0.2, -0.15) is 0 Å². The van der Waals surface area contributed by atoms with E-state index in [1.165, 1.54) is 0 Å². The highest BCUT2D eigenvalue weighted by atomic mass is 16.4. The smallest absolute Gasteiger partial charge is 0.252 e. The number of aryl methyl sites for hydroxylation is 1. The van der Waals surface area contributed by atoms with E-state index >= 15 is 0 Å². The molecule has 2 atom stereocenters. The largest absolute Gasteiger partial charge is 0.436 e. The number of rotatable bonds is 7. The van der Waals surface area contributed by atoms with Gasteiger partial charge < -0.3 is 15.1 Å². The standard InChI is InChI=1S/C24H27N3O3/c1-5-16(3)26-22(28)17(4)27-23(29)19-8-6-7-9-20(19)24-25-14-21(30-24)18-12-10-15(2)11-13-18/h6-14,16-17H,5H2,1-4H3,(H,26,28)(H,27,29). The van der Waals surface area contributed by atoms with Gasteiger partial charge in [-0.25, -0.2) is 4.98 Å². The van der Waals surface area contributed by atoms with Gasteiger partial charge in [0.2, 0.25) is 11.8 Å². The maximum atomic E-state index is 12.9. The van der Waals surface area contributed by atoms with Gasteiger partial charge in [0.1, 0.15) is 6.04 Å². The van der Waals surface area contributed by atoms with Crippen LogP contribution in [0.3, 0.4) is 0 Å². The molecule has 3 rings (SSSR count). The lowest BCUT2D eigenvalue weighted by Crippen LogP contribution is -2.47. The quantitative estimate of drug-likeness (QED) is 0.612. The summed E-state index contributed by atoms with van der Waals surface area (Å²) in [4.78, 5) is 29.5. The van der Waals surface area contributed by atoms with Crippen LogP contribution in [0.1, 0.15) is 43.1 Å². The Hall–Kier alpha value is -3.41. The lowest BCUT2D eigenvalue weighted by Gasteiger charge is -2.18.